The monoisotopic (exact) mass is 243 g/mol. The summed E-state index contributed by atoms with van der Waals surface area (Å²) >= 11 is 6.00. The first-order chi connectivity index (χ1) is 7.65. The van der Waals surface area contributed by atoms with Crippen molar-refractivity contribution in [2.75, 3.05) is 18.1 Å². The molecule has 0 radical (unpaired) electrons. The van der Waals surface area contributed by atoms with Gasteiger partial charge in [-0.2, -0.15) is 5.10 Å². The zero-order valence-electron chi connectivity index (χ0n) is 9.06. The second-order valence-corrected chi connectivity index (χ2v) is 4.32. The zero-order chi connectivity index (χ0) is 11.7. The van der Waals surface area contributed by atoms with Crippen molar-refractivity contribution in [3.63, 3.8) is 0 Å². The molecule has 1 aliphatic heterocycles. The van der Waals surface area contributed by atoms with Crippen molar-refractivity contribution in [3.05, 3.63) is 21.6 Å². The number of rotatable bonds is 2. The van der Waals surface area contributed by atoms with Gasteiger partial charge in [0.1, 0.15) is 5.02 Å². The molecule has 1 aliphatic rings. The van der Waals surface area contributed by atoms with Crippen LogP contribution in [0.25, 0.3) is 0 Å². The highest BCUT2D eigenvalue weighted by molar-refractivity contribution is 6.33. The van der Waals surface area contributed by atoms with Gasteiger partial charge in [0.05, 0.1) is 24.5 Å². The van der Waals surface area contributed by atoms with Crippen molar-refractivity contribution in [3.8, 4) is 0 Å². The van der Waals surface area contributed by atoms with Crippen LogP contribution in [0.2, 0.25) is 5.02 Å². The lowest BCUT2D eigenvalue weighted by Crippen LogP contribution is -2.34. The molecule has 1 fully saturated rings. The van der Waals surface area contributed by atoms with Crippen LogP contribution in [-0.2, 0) is 7.05 Å². The standard InChI is InChI=1S/C10H14ClN3O2/c1-13-10(16)9(11)8(5-12-13)14-4-2-3-7(14)6-15/h5,7,15H,2-4,6H2,1H3/t7-/m0/s1. The lowest BCUT2D eigenvalue weighted by atomic mass is 10.2. The van der Waals surface area contributed by atoms with Crippen LogP contribution in [0.4, 0.5) is 5.69 Å². The van der Waals surface area contributed by atoms with E-state index in [9.17, 15) is 9.90 Å². The van der Waals surface area contributed by atoms with Gasteiger partial charge < -0.3 is 10.0 Å². The van der Waals surface area contributed by atoms with E-state index in [1.807, 2.05) is 4.90 Å². The highest BCUT2D eigenvalue weighted by atomic mass is 35.5. The molecule has 5 nitrogen and oxygen atoms in total. The summed E-state index contributed by atoms with van der Waals surface area (Å²) in [6.07, 6.45) is 3.50. The quantitative estimate of drug-likeness (QED) is 0.817. The predicted molar refractivity (Wildman–Crippen MR) is 61.9 cm³/mol. The largest absolute Gasteiger partial charge is 0.394 e. The van der Waals surface area contributed by atoms with E-state index in [2.05, 4.69) is 5.10 Å². The smallest absolute Gasteiger partial charge is 0.287 e. The normalized spacial score (nSPS) is 20.4. The van der Waals surface area contributed by atoms with Crippen LogP contribution >= 0.6 is 11.6 Å². The van der Waals surface area contributed by atoms with Gasteiger partial charge in [-0.1, -0.05) is 11.6 Å². The van der Waals surface area contributed by atoms with Gasteiger partial charge >= 0.3 is 0 Å². The van der Waals surface area contributed by atoms with Crippen LogP contribution in [0.3, 0.4) is 0 Å². The molecule has 0 aliphatic carbocycles. The van der Waals surface area contributed by atoms with Crippen molar-refractivity contribution in [1.82, 2.24) is 9.78 Å². The minimum atomic E-state index is -0.303. The summed E-state index contributed by atoms with van der Waals surface area (Å²) in [5, 5.41) is 13.4. The van der Waals surface area contributed by atoms with E-state index in [0.29, 0.717) is 5.69 Å². The first-order valence-corrected chi connectivity index (χ1v) is 5.62. The van der Waals surface area contributed by atoms with E-state index in [1.165, 1.54) is 4.68 Å². The number of nitrogens with zero attached hydrogens (tertiary/aromatic N) is 3. The SMILES string of the molecule is Cn1ncc(N2CCC[C@H]2CO)c(Cl)c1=O. The van der Waals surface area contributed by atoms with E-state index >= 15 is 0 Å². The van der Waals surface area contributed by atoms with Gasteiger partial charge in [-0.25, -0.2) is 4.68 Å². The fourth-order valence-corrected chi connectivity index (χ4v) is 2.32. The third-order valence-electron chi connectivity index (χ3n) is 2.96. The number of hydrogen-bond acceptors (Lipinski definition) is 4. The van der Waals surface area contributed by atoms with Crippen molar-refractivity contribution < 1.29 is 5.11 Å². The molecule has 6 heteroatoms. The number of hydrogen-bond donors (Lipinski definition) is 1. The summed E-state index contributed by atoms with van der Waals surface area (Å²) in [5.74, 6) is 0. The number of halogens is 1. The van der Waals surface area contributed by atoms with Crippen LogP contribution in [-0.4, -0.2) is 34.1 Å². The Morgan fingerprint density at radius 1 is 1.69 bits per heavy atom. The summed E-state index contributed by atoms with van der Waals surface area (Å²) in [4.78, 5) is 13.6. The van der Waals surface area contributed by atoms with E-state index in [4.69, 9.17) is 11.6 Å². The Balaban J connectivity index is 2.41. The van der Waals surface area contributed by atoms with Crippen LogP contribution in [0, 0.1) is 0 Å². The van der Waals surface area contributed by atoms with Crippen molar-refractivity contribution in [1.29, 1.82) is 0 Å². The Labute approximate surface area is 98.3 Å². The number of aliphatic hydroxyl groups is 1. The second kappa shape index (κ2) is 4.43. The molecule has 1 aromatic heterocycles. The van der Waals surface area contributed by atoms with Gasteiger partial charge in [0, 0.05) is 13.6 Å². The van der Waals surface area contributed by atoms with Crippen LogP contribution in [0.1, 0.15) is 12.8 Å². The Bertz CT molecular complexity index is 446. The molecule has 0 saturated carbocycles. The van der Waals surface area contributed by atoms with Crippen LogP contribution in [0.5, 0.6) is 0 Å². The summed E-state index contributed by atoms with van der Waals surface area (Å²) in [6, 6.07) is 0.0476. The van der Waals surface area contributed by atoms with Gasteiger partial charge in [0.25, 0.3) is 5.56 Å². The lowest BCUT2D eigenvalue weighted by Gasteiger charge is -2.25. The fraction of sp³-hybridized carbons (Fsp3) is 0.600. The Morgan fingerprint density at radius 2 is 2.44 bits per heavy atom. The lowest BCUT2D eigenvalue weighted by molar-refractivity contribution is 0.266. The van der Waals surface area contributed by atoms with E-state index in [1.54, 1.807) is 13.2 Å². The average molecular weight is 244 g/mol. The maximum Gasteiger partial charge on any atom is 0.287 e. The van der Waals surface area contributed by atoms with E-state index < -0.39 is 0 Å². The maximum atomic E-state index is 11.6. The molecule has 1 aromatic rings. The topological polar surface area (TPSA) is 58.4 Å². The Kier molecular flexibility index (Phi) is 3.16. The molecule has 2 rings (SSSR count). The van der Waals surface area contributed by atoms with Gasteiger partial charge in [-0.3, -0.25) is 4.79 Å². The number of aromatic nitrogens is 2. The van der Waals surface area contributed by atoms with E-state index in [-0.39, 0.29) is 23.2 Å². The molecular weight excluding hydrogens is 230 g/mol. The summed E-state index contributed by atoms with van der Waals surface area (Å²) < 4.78 is 1.20. The van der Waals surface area contributed by atoms with Gasteiger partial charge in [0.15, 0.2) is 0 Å². The van der Waals surface area contributed by atoms with Crippen molar-refractivity contribution in [2.24, 2.45) is 7.05 Å². The molecule has 16 heavy (non-hydrogen) atoms. The Hall–Kier alpha value is -1.07. The fourth-order valence-electron chi connectivity index (χ4n) is 2.04. The Morgan fingerprint density at radius 3 is 3.12 bits per heavy atom. The van der Waals surface area contributed by atoms with Gasteiger partial charge in [0.2, 0.25) is 0 Å². The molecule has 0 aromatic carbocycles. The minimum absolute atomic E-state index is 0.0476. The van der Waals surface area contributed by atoms with Crippen molar-refractivity contribution in [2.45, 2.75) is 18.9 Å². The highest BCUT2D eigenvalue weighted by Crippen LogP contribution is 2.28. The first-order valence-electron chi connectivity index (χ1n) is 5.24. The molecule has 1 atom stereocenters. The molecule has 0 amide bonds. The second-order valence-electron chi connectivity index (χ2n) is 3.94. The molecule has 2 heterocycles. The third kappa shape index (κ3) is 1.81. The predicted octanol–water partition coefficient (Wildman–Crippen LogP) is 0.395. The summed E-state index contributed by atoms with van der Waals surface area (Å²) in [7, 11) is 1.56. The number of anilines is 1. The molecule has 0 bridgehead atoms. The zero-order valence-corrected chi connectivity index (χ0v) is 9.81. The van der Waals surface area contributed by atoms with Crippen LogP contribution in [0.15, 0.2) is 11.0 Å². The van der Waals surface area contributed by atoms with Crippen molar-refractivity contribution >= 4 is 17.3 Å². The number of aliphatic hydroxyl groups excluding tert-OH is 1. The van der Waals surface area contributed by atoms with E-state index in [0.717, 1.165) is 19.4 Å². The molecule has 1 saturated heterocycles. The molecular formula is C10H14ClN3O2. The highest BCUT2D eigenvalue weighted by Gasteiger charge is 2.26. The van der Waals surface area contributed by atoms with Gasteiger partial charge in [-0.05, 0) is 12.8 Å². The summed E-state index contributed by atoms with van der Waals surface area (Å²) in [5.41, 5.74) is 0.323. The molecule has 88 valence electrons. The first kappa shape index (κ1) is 11.4. The maximum absolute atomic E-state index is 11.6. The minimum Gasteiger partial charge on any atom is -0.394 e. The molecule has 0 unspecified atom stereocenters. The molecule has 0 spiro atoms. The number of aryl methyl sites for hydroxylation is 1. The van der Waals surface area contributed by atoms with Crippen LogP contribution < -0.4 is 10.5 Å². The van der Waals surface area contributed by atoms with Gasteiger partial charge in [-0.15, -0.1) is 0 Å². The summed E-state index contributed by atoms with van der Waals surface area (Å²) in [6.45, 7) is 0.880. The molecule has 1 N–H and O–H groups in total. The third-order valence-corrected chi connectivity index (χ3v) is 3.31. The average Bonchev–Trinajstić information content (AvgIpc) is 2.74.